The molecule has 0 spiro atoms. The van der Waals surface area contributed by atoms with Crippen LogP contribution in [-0.2, 0) is 27.3 Å². The molecule has 0 aliphatic rings. The first kappa shape index (κ1) is 29.7. The van der Waals surface area contributed by atoms with Crippen molar-refractivity contribution in [3.8, 4) is 11.8 Å². The number of ether oxygens (including phenoxy) is 1. The molecule has 3 amide bonds. The molecule has 3 N–H and O–H groups in total. The summed E-state index contributed by atoms with van der Waals surface area (Å²) in [7, 11) is 0. The summed E-state index contributed by atoms with van der Waals surface area (Å²) in [5.41, 5.74) is 1.21. The molecule has 3 aromatic rings. The van der Waals surface area contributed by atoms with Crippen molar-refractivity contribution in [2.24, 2.45) is 0 Å². The van der Waals surface area contributed by atoms with E-state index in [0.29, 0.717) is 5.56 Å². The second-order valence-electron chi connectivity index (χ2n) is 10.2. The second kappa shape index (κ2) is 13.8. The lowest BCUT2D eigenvalue weighted by molar-refractivity contribution is -0.141. The molecule has 2 unspecified atom stereocenters. The SMILES string of the molecule is CC(C)(C)OC(=O)NC(Cc1ccccc1)C(=O)N(CC#N)C(C(=O)NCc1ccccc1)c1ccc(O)cc1. The van der Waals surface area contributed by atoms with Gasteiger partial charge < -0.3 is 25.4 Å². The summed E-state index contributed by atoms with van der Waals surface area (Å²) >= 11 is 0. The van der Waals surface area contributed by atoms with Gasteiger partial charge in [0.25, 0.3) is 0 Å². The molecule has 0 aromatic heterocycles. The van der Waals surface area contributed by atoms with E-state index in [0.717, 1.165) is 16.0 Å². The van der Waals surface area contributed by atoms with E-state index in [2.05, 4.69) is 10.6 Å². The maximum atomic E-state index is 14.1. The van der Waals surface area contributed by atoms with Crippen molar-refractivity contribution in [1.29, 1.82) is 5.26 Å². The molecule has 0 bridgehead atoms. The Morgan fingerprint density at radius 1 is 0.925 bits per heavy atom. The Morgan fingerprint density at radius 2 is 1.50 bits per heavy atom. The van der Waals surface area contributed by atoms with E-state index < -0.39 is 42.1 Å². The lowest BCUT2D eigenvalue weighted by Crippen LogP contribution is -2.53. The highest BCUT2D eigenvalue weighted by Crippen LogP contribution is 2.25. The molecule has 9 nitrogen and oxygen atoms in total. The van der Waals surface area contributed by atoms with Gasteiger partial charge >= 0.3 is 6.09 Å². The number of rotatable bonds is 10. The summed E-state index contributed by atoms with van der Waals surface area (Å²) in [4.78, 5) is 41.6. The van der Waals surface area contributed by atoms with E-state index in [1.807, 2.05) is 66.7 Å². The maximum absolute atomic E-state index is 14.1. The molecule has 2 atom stereocenters. The van der Waals surface area contributed by atoms with Crippen molar-refractivity contribution in [2.45, 2.75) is 51.4 Å². The molecule has 0 fully saturated rings. The lowest BCUT2D eigenvalue weighted by atomic mass is 10.00. The molecule has 0 heterocycles. The molecule has 0 aliphatic heterocycles. The Hall–Kier alpha value is -4.84. The average molecular weight is 543 g/mol. The van der Waals surface area contributed by atoms with Gasteiger partial charge in [0.2, 0.25) is 11.8 Å². The van der Waals surface area contributed by atoms with E-state index >= 15 is 0 Å². The molecular formula is C31H34N4O5. The van der Waals surface area contributed by atoms with Crippen LogP contribution in [0.2, 0.25) is 0 Å². The van der Waals surface area contributed by atoms with E-state index in [1.165, 1.54) is 24.3 Å². The number of benzene rings is 3. The van der Waals surface area contributed by atoms with Crippen LogP contribution in [0.15, 0.2) is 84.9 Å². The van der Waals surface area contributed by atoms with Crippen LogP contribution in [0.1, 0.15) is 43.5 Å². The van der Waals surface area contributed by atoms with Crippen molar-refractivity contribution in [3.63, 3.8) is 0 Å². The second-order valence-corrected chi connectivity index (χ2v) is 10.2. The van der Waals surface area contributed by atoms with Crippen molar-refractivity contribution in [3.05, 3.63) is 102 Å². The Morgan fingerprint density at radius 3 is 2.05 bits per heavy atom. The first-order valence-electron chi connectivity index (χ1n) is 12.9. The number of alkyl carbamates (subject to hydrolysis) is 1. The number of carbonyl (C=O) groups excluding carboxylic acids is 3. The van der Waals surface area contributed by atoms with Gasteiger partial charge in [0, 0.05) is 13.0 Å². The number of hydrogen-bond donors (Lipinski definition) is 3. The normalized spacial score (nSPS) is 12.3. The molecule has 3 aromatic carbocycles. The minimum Gasteiger partial charge on any atom is -0.508 e. The van der Waals surface area contributed by atoms with Gasteiger partial charge in [-0.2, -0.15) is 5.26 Å². The van der Waals surface area contributed by atoms with Crippen molar-refractivity contribution >= 4 is 17.9 Å². The molecule has 0 saturated heterocycles. The lowest BCUT2D eigenvalue weighted by Gasteiger charge is -2.33. The van der Waals surface area contributed by atoms with Crippen LogP contribution in [0.5, 0.6) is 5.75 Å². The number of carbonyl (C=O) groups is 3. The number of nitriles is 1. The zero-order valence-corrected chi connectivity index (χ0v) is 22.8. The fourth-order valence-corrected chi connectivity index (χ4v) is 4.08. The van der Waals surface area contributed by atoms with Crippen molar-refractivity contribution in [2.75, 3.05) is 6.54 Å². The van der Waals surface area contributed by atoms with Gasteiger partial charge in [0.1, 0.15) is 30.0 Å². The monoisotopic (exact) mass is 542 g/mol. The van der Waals surface area contributed by atoms with Crippen LogP contribution in [0.3, 0.4) is 0 Å². The molecular weight excluding hydrogens is 508 g/mol. The van der Waals surface area contributed by atoms with Crippen LogP contribution >= 0.6 is 0 Å². The number of amides is 3. The summed E-state index contributed by atoms with van der Waals surface area (Å²) in [6.07, 6.45) is -0.692. The quantitative estimate of drug-likeness (QED) is 0.329. The molecule has 208 valence electrons. The third kappa shape index (κ3) is 8.88. The predicted molar refractivity (Wildman–Crippen MR) is 150 cm³/mol. The zero-order valence-electron chi connectivity index (χ0n) is 22.8. The third-order valence-electron chi connectivity index (χ3n) is 5.87. The van der Waals surface area contributed by atoms with Gasteiger partial charge in [0.05, 0.1) is 6.07 Å². The van der Waals surface area contributed by atoms with Crippen LogP contribution < -0.4 is 10.6 Å². The highest BCUT2D eigenvalue weighted by Gasteiger charge is 2.36. The van der Waals surface area contributed by atoms with E-state index in [1.54, 1.807) is 20.8 Å². The van der Waals surface area contributed by atoms with Gasteiger partial charge in [-0.1, -0.05) is 72.8 Å². The average Bonchev–Trinajstić information content (AvgIpc) is 2.92. The van der Waals surface area contributed by atoms with Gasteiger partial charge in [-0.15, -0.1) is 0 Å². The summed E-state index contributed by atoms with van der Waals surface area (Å²) in [6.45, 7) is 4.90. The molecule has 0 aliphatic carbocycles. The number of phenols is 1. The Balaban J connectivity index is 1.97. The summed E-state index contributed by atoms with van der Waals surface area (Å²) < 4.78 is 5.40. The Labute approximate surface area is 234 Å². The molecule has 9 heteroatoms. The fraction of sp³-hybridized carbons (Fsp3) is 0.290. The minimum atomic E-state index is -1.21. The molecule has 0 saturated carbocycles. The van der Waals surface area contributed by atoms with E-state index in [4.69, 9.17) is 4.74 Å². The largest absolute Gasteiger partial charge is 0.508 e. The molecule has 3 rings (SSSR count). The van der Waals surface area contributed by atoms with Crippen LogP contribution in [0, 0.1) is 11.3 Å². The smallest absolute Gasteiger partial charge is 0.408 e. The first-order valence-corrected chi connectivity index (χ1v) is 12.9. The zero-order chi connectivity index (χ0) is 29.1. The third-order valence-corrected chi connectivity index (χ3v) is 5.87. The van der Waals surface area contributed by atoms with Gasteiger partial charge in [-0.25, -0.2) is 4.79 Å². The number of aromatic hydroxyl groups is 1. The number of hydrogen-bond acceptors (Lipinski definition) is 6. The van der Waals surface area contributed by atoms with Gasteiger partial charge in [-0.05, 0) is 49.6 Å². The summed E-state index contributed by atoms with van der Waals surface area (Å²) in [6, 6.07) is 23.9. The number of nitrogens with zero attached hydrogens (tertiary/aromatic N) is 2. The highest BCUT2D eigenvalue weighted by atomic mass is 16.6. The predicted octanol–water partition coefficient (Wildman–Crippen LogP) is 4.24. The molecule has 40 heavy (non-hydrogen) atoms. The van der Waals surface area contributed by atoms with Crippen molar-refractivity contribution < 1.29 is 24.2 Å². The van der Waals surface area contributed by atoms with Gasteiger partial charge in [-0.3, -0.25) is 9.59 Å². The fourth-order valence-electron chi connectivity index (χ4n) is 4.08. The van der Waals surface area contributed by atoms with Gasteiger partial charge in [0.15, 0.2) is 0 Å². The van der Waals surface area contributed by atoms with Crippen LogP contribution in [0.25, 0.3) is 0 Å². The number of phenolic OH excluding ortho intramolecular Hbond substituents is 1. The summed E-state index contributed by atoms with van der Waals surface area (Å²) in [5.74, 6) is -1.17. The first-order chi connectivity index (χ1) is 19.1. The van der Waals surface area contributed by atoms with Crippen molar-refractivity contribution in [1.82, 2.24) is 15.5 Å². The minimum absolute atomic E-state index is 0.0149. The standard InChI is InChI=1S/C31H34N4O5/c1-31(2,3)40-30(39)34-26(20-22-10-6-4-7-11-22)29(38)35(19-18-32)27(24-14-16-25(36)17-15-24)28(37)33-21-23-12-8-5-9-13-23/h4-17,26-27,36H,19-21H2,1-3H3,(H,33,37)(H,34,39). The Kier molecular flexibility index (Phi) is 10.3. The number of nitrogens with one attached hydrogen (secondary N) is 2. The van der Waals surface area contributed by atoms with E-state index in [9.17, 15) is 24.8 Å². The van der Waals surface area contributed by atoms with E-state index in [-0.39, 0.29) is 18.7 Å². The Bertz CT molecular complexity index is 1320. The maximum Gasteiger partial charge on any atom is 0.408 e. The summed E-state index contributed by atoms with van der Waals surface area (Å²) in [5, 5.41) is 25.0. The topological polar surface area (TPSA) is 132 Å². The highest BCUT2D eigenvalue weighted by molar-refractivity contribution is 5.92. The molecule has 0 radical (unpaired) electrons. The van der Waals surface area contributed by atoms with Crippen LogP contribution in [-0.4, -0.2) is 46.1 Å². The van der Waals surface area contributed by atoms with Crippen LogP contribution in [0.4, 0.5) is 4.79 Å².